The molecule has 1 fully saturated rings. The van der Waals surface area contributed by atoms with Gasteiger partial charge in [-0.15, -0.1) is 0 Å². The minimum atomic E-state index is -0.335. The van der Waals surface area contributed by atoms with Gasteiger partial charge in [0.25, 0.3) is 11.1 Å². The summed E-state index contributed by atoms with van der Waals surface area (Å²) >= 11 is 2.98. The maximum absolute atomic E-state index is 13.8. The lowest BCUT2D eigenvalue weighted by Gasteiger charge is -2.14. The number of imide groups is 1. The molecule has 1 aliphatic heterocycles. The van der Waals surface area contributed by atoms with Crippen molar-refractivity contribution in [1.29, 1.82) is 0 Å². The van der Waals surface area contributed by atoms with E-state index in [2.05, 4.69) is 22.6 Å². The number of hydrogen-bond acceptors (Lipinski definition) is 5. The van der Waals surface area contributed by atoms with Gasteiger partial charge in [-0.2, -0.15) is 0 Å². The van der Waals surface area contributed by atoms with Crippen LogP contribution in [0.2, 0.25) is 0 Å². The molecule has 0 aromatic heterocycles. The second kappa shape index (κ2) is 8.30. The first-order chi connectivity index (χ1) is 12.9. The molecule has 0 spiro atoms. The quantitative estimate of drug-likeness (QED) is 0.442. The fourth-order valence-electron chi connectivity index (χ4n) is 2.43. The average Bonchev–Trinajstić information content (AvgIpc) is 2.88. The largest absolute Gasteiger partial charge is 0.493 e. The van der Waals surface area contributed by atoms with Crippen LogP contribution in [0.4, 0.5) is 9.18 Å². The Kier molecular flexibility index (Phi) is 6.05. The Hall–Kier alpha value is -2.07. The van der Waals surface area contributed by atoms with E-state index in [1.165, 1.54) is 20.2 Å². The molecule has 140 valence electrons. The summed E-state index contributed by atoms with van der Waals surface area (Å²) in [6.45, 7) is 0.0626. The molecule has 5 nitrogen and oxygen atoms in total. The maximum Gasteiger partial charge on any atom is 0.293 e. The first-order valence-corrected chi connectivity index (χ1v) is 9.75. The summed E-state index contributed by atoms with van der Waals surface area (Å²) in [5, 5.41) is -0.308. The second-order valence-corrected chi connectivity index (χ2v) is 7.81. The van der Waals surface area contributed by atoms with E-state index in [4.69, 9.17) is 9.47 Å². The zero-order chi connectivity index (χ0) is 19.6. The monoisotopic (exact) mass is 499 g/mol. The van der Waals surface area contributed by atoms with E-state index in [9.17, 15) is 14.0 Å². The van der Waals surface area contributed by atoms with E-state index in [0.717, 1.165) is 20.2 Å². The number of hydrogen-bond donors (Lipinski definition) is 0. The molecular weight excluding hydrogens is 484 g/mol. The molecule has 0 N–H and O–H groups in total. The lowest BCUT2D eigenvalue weighted by Crippen LogP contribution is -2.22. The molecule has 3 rings (SSSR count). The smallest absolute Gasteiger partial charge is 0.293 e. The lowest BCUT2D eigenvalue weighted by molar-refractivity contribution is -0.121. The molecule has 2 amide bonds. The van der Waals surface area contributed by atoms with Gasteiger partial charge < -0.3 is 9.47 Å². The maximum atomic E-state index is 13.8. The Labute approximate surface area is 173 Å². The number of amides is 2. The van der Waals surface area contributed by atoms with Crippen molar-refractivity contribution in [1.82, 2.24) is 4.90 Å². The van der Waals surface area contributed by atoms with Crippen LogP contribution in [0, 0.1) is 9.39 Å². The van der Waals surface area contributed by atoms with E-state index < -0.39 is 0 Å². The van der Waals surface area contributed by atoms with Crippen molar-refractivity contribution in [2.45, 2.75) is 6.61 Å². The van der Waals surface area contributed by atoms with Crippen LogP contribution in [0.3, 0.4) is 0 Å². The fourth-order valence-corrected chi connectivity index (χ4v) is 4.03. The van der Waals surface area contributed by atoms with E-state index in [0.29, 0.717) is 27.5 Å². The highest BCUT2D eigenvalue weighted by Gasteiger charge is 2.31. The van der Waals surface area contributed by atoms with Gasteiger partial charge in [0.15, 0.2) is 11.5 Å². The number of methoxy groups -OCH3 is 1. The normalized spacial score (nSPS) is 15.6. The van der Waals surface area contributed by atoms with Crippen molar-refractivity contribution in [3.05, 3.63) is 61.8 Å². The Morgan fingerprint density at radius 1 is 1.26 bits per heavy atom. The van der Waals surface area contributed by atoms with Crippen molar-refractivity contribution in [2.75, 3.05) is 14.2 Å². The molecule has 0 radical (unpaired) electrons. The molecule has 2 aromatic carbocycles. The topological polar surface area (TPSA) is 55.8 Å². The van der Waals surface area contributed by atoms with Crippen LogP contribution in [0.15, 0.2) is 41.3 Å². The molecule has 27 heavy (non-hydrogen) atoms. The summed E-state index contributed by atoms with van der Waals surface area (Å²) in [7, 11) is 2.95. The Morgan fingerprint density at radius 2 is 2.00 bits per heavy atom. The minimum Gasteiger partial charge on any atom is -0.493 e. The van der Waals surface area contributed by atoms with Gasteiger partial charge in [-0.25, -0.2) is 4.39 Å². The Morgan fingerprint density at radius 3 is 2.63 bits per heavy atom. The van der Waals surface area contributed by atoms with Crippen LogP contribution in [-0.4, -0.2) is 30.2 Å². The predicted molar refractivity (Wildman–Crippen MR) is 110 cm³/mol. The first kappa shape index (κ1) is 19.7. The van der Waals surface area contributed by atoms with Crippen LogP contribution in [0.5, 0.6) is 11.5 Å². The highest BCUT2D eigenvalue weighted by molar-refractivity contribution is 14.1. The van der Waals surface area contributed by atoms with Crippen LogP contribution < -0.4 is 9.47 Å². The van der Waals surface area contributed by atoms with Crippen molar-refractivity contribution < 1.29 is 23.5 Å². The number of carbonyl (C=O) groups excluding carboxylic acids is 2. The highest BCUT2D eigenvalue weighted by Crippen LogP contribution is 2.37. The molecule has 0 bridgehead atoms. The number of ether oxygens (including phenoxy) is 2. The van der Waals surface area contributed by atoms with Gasteiger partial charge in [-0.3, -0.25) is 14.5 Å². The van der Waals surface area contributed by atoms with Crippen molar-refractivity contribution in [2.24, 2.45) is 0 Å². The van der Waals surface area contributed by atoms with E-state index in [1.807, 2.05) is 6.07 Å². The van der Waals surface area contributed by atoms with Crippen LogP contribution in [0.1, 0.15) is 11.1 Å². The third-order valence-electron chi connectivity index (χ3n) is 3.87. The summed E-state index contributed by atoms with van der Waals surface area (Å²) in [5.74, 6) is 0.277. The van der Waals surface area contributed by atoms with Crippen LogP contribution in [-0.2, 0) is 11.4 Å². The van der Waals surface area contributed by atoms with Gasteiger partial charge in [-0.1, -0.05) is 18.2 Å². The molecule has 0 unspecified atom stereocenters. The molecule has 0 aliphatic carbocycles. The molecule has 1 saturated heterocycles. The van der Waals surface area contributed by atoms with E-state index in [1.54, 1.807) is 30.3 Å². The van der Waals surface area contributed by atoms with Crippen molar-refractivity contribution in [3.8, 4) is 11.5 Å². The third kappa shape index (κ3) is 4.27. The average molecular weight is 499 g/mol. The van der Waals surface area contributed by atoms with Crippen LogP contribution in [0.25, 0.3) is 6.08 Å². The fraction of sp³-hybridized carbons (Fsp3) is 0.158. The van der Waals surface area contributed by atoms with E-state index >= 15 is 0 Å². The first-order valence-electron chi connectivity index (χ1n) is 7.86. The molecular formula is C19H15FINO4S. The van der Waals surface area contributed by atoms with Gasteiger partial charge in [0, 0.05) is 12.6 Å². The molecule has 1 aliphatic rings. The molecule has 2 aromatic rings. The Bertz CT molecular complexity index is 947. The van der Waals surface area contributed by atoms with Crippen molar-refractivity contribution >= 4 is 51.6 Å². The van der Waals surface area contributed by atoms with Gasteiger partial charge in [0.05, 0.1) is 15.6 Å². The van der Waals surface area contributed by atoms with Crippen molar-refractivity contribution in [3.63, 3.8) is 0 Å². The molecule has 0 saturated carbocycles. The highest BCUT2D eigenvalue weighted by atomic mass is 127. The number of nitrogens with zero attached hydrogens (tertiary/aromatic N) is 1. The zero-order valence-electron chi connectivity index (χ0n) is 14.5. The predicted octanol–water partition coefficient (Wildman–Crippen LogP) is 4.68. The lowest BCUT2D eigenvalue weighted by atomic mass is 10.1. The summed E-state index contributed by atoms with van der Waals surface area (Å²) in [6, 6.07) is 9.92. The van der Waals surface area contributed by atoms with Gasteiger partial charge in [-0.05, 0) is 64.2 Å². The third-order valence-corrected chi connectivity index (χ3v) is 5.63. The Balaban J connectivity index is 1.87. The SMILES string of the molecule is COc1cc(/C=C2\SC(=O)N(C)C2=O)cc(I)c1OCc1ccccc1F. The zero-order valence-corrected chi connectivity index (χ0v) is 17.5. The molecule has 0 atom stereocenters. The summed E-state index contributed by atoms with van der Waals surface area (Å²) < 4.78 is 25.7. The van der Waals surface area contributed by atoms with Gasteiger partial charge in [0.2, 0.25) is 0 Å². The summed E-state index contributed by atoms with van der Waals surface area (Å²) in [5.41, 5.74) is 1.14. The molecule has 8 heteroatoms. The molecule has 1 heterocycles. The standard InChI is InChI=1S/C19H15FINO4S/c1-22-18(23)16(27-19(22)24)9-11-7-14(21)17(15(8-11)25-2)26-10-12-5-3-4-6-13(12)20/h3-9H,10H2,1-2H3/b16-9-. The number of rotatable bonds is 5. The van der Waals surface area contributed by atoms with E-state index in [-0.39, 0.29) is 23.6 Å². The number of benzene rings is 2. The van der Waals surface area contributed by atoms with Gasteiger partial charge >= 0.3 is 0 Å². The number of likely N-dealkylation sites (N-methyl/N-ethyl adjacent to an activating group) is 1. The number of thioether (sulfide) groups is 1. The summed E-state index contributed by atoms with van der Waals surface area (Å²) in [4.78, 5) is 25.1. The van der Waals surface area contributed by atoms with Crippen LogP contribution >= 0.6 is 34.4 Å². The summed E-state index contributed by atoms with van der Waals surface area (Å²) in [6.07, 6.45) is 1.64. The minimum absolute atomic E-state index is 0.0626. The number of halogens is 2. The van der Waals surface area contributed by atoms with Gasteiger partial charge in [0.1, 0.15) is 12.4 Å². The second-order valence-electron chi connectivity index (χ2n) is 5.65. The number of carbonyl (C=O) groups is 2.